The van der Waals surface area contributed by atoms with Crippen LogP contribution in [0.4, 0.5) is 0 Å². The molecule has 0 saturated heterocycles. The lowest BCUT2D eigenvalue weighted by atomic mass is 9.86. The molecule has 156 valence electrons. The van der Waals surface area contributed by atoms with Crippen molar-refractivity contribution in [2.75, 3.05) is 0 Å². The second kappa shape index (κ2) is 7.07. The summed E-state index contributed by atoms with van der Waals surface area (Å²) in [6.45, 7) is 4.08. The Morgan fingerprint density at radius 2 is 1.90 bits per heavy atom. The van der Waals surface area contributed by atoms with Gasteiger partial charge in [0, 0.05) is 0 Å². The van der Waals surface area contributed by atoms with Crippen molar-refractivity contribution in [1.82, 2.24) is 19.9 Å². The van der Waals surface area contributed by atoms with Crippen molar-refractivity contribution < 1.29 is 14.4 Å². The number of carboxylic acid groups (broad SMARTS) is 1. The molecule has 2 aliphatic carbocycles. The number of aryl methyl sites for hydroxylation is 2. The average Bonchev–Trinajstić information content (AvgIpc) is 3.21. The molecule has 7 heteroatoms. The van der Waals surface area contributed by atoms with Crippen LogP contribution in [0.25, 0.3) is 11.6 Å². The first-order valence-electron chi connectivity index (χ1n) is 10.7. The highest BCUT2D eigenvalue weighted by molar-refractivity contribution is 5.70. The lowest BCUT2D eigenvalue weighted by Gasteiger charge is -2.27. The first-order valence-corrected chi connectivity index (χ1v) is 10.7. The van der Waals surface area contributed by atoms with Gasteiger partial charge in [0.05, 0.1) is 23.1 Å². The Balaban J connectivity index is 1.44. The number of aromatic nitrogens is 4. The van der Waals surface area contributed by atoms with Crippen LogP contribution in [-0.4, -0.2) is 31.0 Å². The molecule has 2 saturated carbocycles. The lowest BCUT2D eigenvalue weighted by Crippen LogP contribution is -2.24. The molecule has 0 atom stereocenters. The number of aliphatic carboxylic acids is 1. The molecule has 5 rings (SSSR count). The van der Waals surface area contributed by atoms with Gasteiger partial charge in [0.1, 0.15) is 5.69 Å². The number of benzene rings is 1. The van der Waals surface area contributed by atoms with Gasteiger partial charge in [-0.15, -0.1) is 0 Å². The van der Waals surface area contributed by atoms with E-state index in [4.69, 9.17) is 9.51 Å². The quantitative estimate of drug-likeness (QED) is 0.673. The van der Waals surface area contributed by atoms with E-state index in [2.05, 4.69) is 41.4 Å². The van der Waals surface area contributed by atoms with E-state index in [1.165, 1.54) is 11.1 Å². The molecule has 2 aromatic heterocycles. The van der Waals surface area contributed by atoms with Gasteiger partial charge >= 0.3 is 5.97 Å². The van der Waals surface area contributed by atoms with E-state index in [0.29, 0.717) is 18.7 Å². The van der Waals surface area contributed by atoms with Crippen LogP contribution < -0.4 is 0 Å². The maximum atomic E-state index is 11.3. The van der Waals surface area contributed by atoms with Crippen molar-refractivity contribution in [3.05, 3.63) is 53.0 Å². The highest BCUT2D eigenvalue weighted by Gasteiger charge is 2.50. The summed E-state index contributed by atoms with van der Waals surface area (Å²) in [4.78, 5) is 16.1. The van der Waals surface area contributed by atoms with Crippen molar-refractivity contribution in [1.29, 1.82) is 0 Å². The number of rotatable bonds is 5. The van der Waals surface area contributed by atoms with Crippen LogP contribution in [-0.2, 0) is 10.2 Å². The van der Waals surface area contributed by atoms with Gasteiger partial charge in [-0.1, -0.05) is 29.4 Å². The zero-order valence-electron chi connectivity index (χ0n) is 17.3. The van der Waals surface area contributed by atoms with E-state index in [9.17, 15) is 9.90 Å². The zero-order chi connectivity index (χ0) is 20.9. The van der Waals surface area contributed by atoms with E-state index in [1.54, 1.807) is 0 Å². The van der Waals surface area contributed by atoms with Crippen molar-refractivity contribution in [2.45, 2.75) is 63.8 Å². The summed E-state index contributed by atoms with van der Waals surface area (Å²) >= 11 is 0. The fourth-order valence-corrected chi connectivity index (χ4v) is 4.89. The standard InChI is InChI=1S/C23H26N4O3/c1-14-5-3-4-6-18(14)23(11-12-23)22-24-20(30-26-22)19-13-15(2)25-27(19)17-9-7-16(8-10-17)21(28)29/h3-6,13,16-17H,7-12H2,1-2H3,(H,28,29). The number of carboxylic acids is 1. The van der Waals surface area contributed by atoms with E-state index in [0.717, 1.165) is 42.9 Å². The maximum absolute atomic E-state index is 11.3. The molecule has 1 aromatic carbocycles. The smallest absolute Gasteiger partial charge is 0.306 e. The van der Waals surface area contributed by atoms with Crippen molar-refractivity contribution in [3.8, 4) is 11.6 Å². The van der Waals surface area contributed by atoms with E-state index >= 15 is 0 Å². The number of nitrogens with zero attached hydrogens (tertiary/aromatic N) is 4. The number of hydrogen-bond donors (Lipinski definition) is 1. The fourth-order valence-electron chi connectivity index (χ4n) is 4.89. The summed E-state index contributed by atoms with van der Waals surface area (Å²) in [5, 5.41) is 18.3. The lowest BCUT2D eigenvalue weighted by molar-refractivity contribution is -0.143. The van der Waals surface area contributed by atoms with E-state index in [1.807, 2.05) is 17.7 Å². The SMILES string of the molecule is Cc1cc(-c2nc(C3(c4ccccc4C)CC3)no2)n(C2CCC(C(=O)O)CC2)n1. The Morgan fingerprint density at radius 3 is 2.57 bits per heavy atom. The molecule has 2 aliphatic rings. The fraction of sp³-hybridized carbons (Fsp3) is 0.478. The summed E-state index contributed by atoms with van der Waals surface area (Å²) in [5.41, 5.74) is 4.09. The van der Waals surface area contributed by atoms with Crippen LogP contribution in [0.3, 0.4) is 0 Å². The highest BCUT2D eigenvalue weighted by atomic mass is 16.5. The van der Waals surface area contributed by atoms with E-state index < -0.39 is 5.97 Å². The van der Waals surface area contributed by atoms with Crippen LogP contribution in [0.15, 0.2) is 34.9 Å². The highest BCUT2D eigenvalue weighted by Crippen LogP contribution is 2.53. The Labute approximate surface area is 175 Å². The molecule has 3 aromatic rings. The molecule has 0 aliphatic heterocycles. The van der Waals surface area contributed by atoms with Crippen LogP contribution in [0, 0.1) is 19.8 Å². The summed E-state index contributed by atoms with van der Waals surface area (Å²) in [6.07, 6.45) is 4.97. The normalized spacial score (nSPS) is 22.7. The van der Waals surface area contributed by atoms with Crippen LogP contribution in [0.1, 0.15) is 67.2 Å². The Kier molecular flexibility index (Phi) is 4.49. The Hall–Kier alpha value is -2.96. The Morgan fingerprint density at radius 1 is 1.17 bits per heavy atom. The molecule has 0 spiro atoms. The minimum Gasteiger partial charge on any atom is -0.481 e. The summed E-state index contributed by atoms with van der Waals surface area (Å²) in [5.74, 6) is 0.288. The molecule has 0 bridgehead atoms. The van der Waals surface area contributed by atoms with Gasteiger partial charge in [-0.3, -0.25) is 9.48 Å². The van der Waals surface area contributed by atoms with Crippen LogP contribution in [0.5, 0.6) is 0 Å². The number of carbonyl (C=O) groups is 1. The predicted molar refractivity (Wildman–Crippen MR) is 110 cm³/mol. The van der Waals surface area contributed by atoms with Crippen molar-refractivity contribution in [2.24, 2.45) is 5.92 Å². The van der Waals surface area contributed by atoms with Gasteiger partial charge in [0.15, 0.2) is 5.82 Å². The third-order valence-corrected chi connectivity index (χ3v) is 6.73. The van der Waals surface area contributed by atoms with Crippen LogP contribution >= 0.6 is 0 Å². The predicted octanol–water partition coefficient (Wildman–Crippen LogP) is 4.45. The van der Waals surface area contributed by atoms with Crippen LogP contribution in [0.2, 0.25) is 0 Å². The van der Waals surface area contributed by atoms with E-state index in [-0.39, 0.29) is 17.4 Å². The maximum Gasteiger partial charge on any atom is 0.306 e. The molecule has 0 unspecified atom stereocenters. The van der Waals surface area contributed by atoms with Gasteiger partial charge in [-0.05, 0) is 69.6 Å². The minimum atomic E-state index is -0.696. The van der Waals surface area contributed by atoms with Gasteiger partial charge in [0.2, 0.25) is 0 Å². The summed E-state index contributed by atoms with van der Waals surface area (Å²) < 4.78 is 7.70. The monoisotopic (exact) mass is 406 g/mol. The van der Waals surface area contributed by atoms with Gasteiger partial charge < -0.3 is 9.63 Å². The average molecular weight is 406 g/mol. The second-order valence-corrected chi connectivity index (χ2v) is 8.78. The molecular formula is C23H26N4O3. The second-order valence-electron chi connectivity index (χ2n) is 8.78. The third kappa shape index (κ3) is 3.13. The first-order chi connectivity index (χ1) is 14.5. The first kappa shape index (κ1) is 19.0. The van der Waals surface area contributed by atoms with Gasteiger partial charge in [0.25, 0.3) is 5.89 Å². The third-order valence-electron chi connectivity index (χ3n) is 6.73. The molecule has 0 radical (unpaired) electrons. The molecule has 1 N–H and O–H groups in total. The topological polar surface area (TPSA) is 94.0 Å². The summed E-state index contributed by atoms with van der Waals surface area (Å²) in [7, 11) is 0. The molecular weight excluding hydrogens is 380 g/mol. The minimum absolute atomic E-state index is 0.146. The molecule has 2 heterocycles. The summed E-state index contributed by atoms with van der Waals surface area (Å²) in [6, 6.07) is 10.5. The molecule has 7 nitrogen and oxygen atoms in total. The molecule has 2 fully saturated rings. The van der Waals surface area contributed by atoms with Crippen molar-refractivity contribution in [3.63, 3.8) is 0 Å². The van der Waals surface area contributed by atoms with Gasteiger partial charge in [-0.25, -0.2) is 0 Å². The largest absolute Gasteiger partial charge is 0.481 e. The number of hydrogen-bond acceptors (Lipinski definition) is 5. The van der Waals surface area contributed by atoms with Crippen molar-refractivity contribution >= 4 is 5.97 Å². The molecule has 0 amide bonds. The zero-order valence-corrected chi connectivity index (χ0v) is 17.3. The Bertz CT molecular complexity index is 1090. The van der Waals surface area contributed by atoms with Gasteiger partial charge in [-0.2, -0.15) is 10.1 Å². The molecule has 30 heavy (non-hydrogen) atoms.